The van der Waals surface area contributed by atoms with E-state index in [-0.39, 0.29) is 18.1 Å². The van der Waals surface area contributed by atoms with E-state index in [1.165, 1.54) is 11.1 Å². The van der Waals surface area contributed by atoms with Crippen LogP contribution < -0.4 is 0 Å². The van der Waals surface area contributed by atoms with Crippen LogP contribution in [-0.4, -0.2) is 90.1 Å². The van der Waals surface area contributed by atoms with Crippen molar-refractivity contribution in [2.75, 3.05) is 45.9 Å². The highest BCUT2D eigenvalue weighted by atomic mass is 16.6. The molecule has 0 saturated carbocycles. The van der Waals surface area contributed by atoms with Crippen molar-refractivity contribution in [2.45, 2.75) is 18.4 Å². The number of benzene rings is 2. The van der Waals surface area contributed by atoms with Gasteiger partial charge < -0.3 is 24.6 Å². The van der Waals surface area contributed by atoms with Crippen molar-refractivity contribution in [3.05, 3.63) is 83.9 Å². The number of carbonyl (C=O) groups excluding carboxylic acids is 1. The van der Waals surface area contributed by atoms with Gasteiger partial charge in [0.2, 0.25) is 0 Å². The Morgan fingerprint density at radius 2 is 1.50 bits per heavy atom. The van der Waals surface area contributed by atoms with Gasteiger partial charge in [0.15, 0.2) is 0 Å². The predicted molar refractivity (Wildman–Crippen MR) is 133 cm³/mol. The van der Waals surface area contributed by atoms with Gasteiger partial charge in [0.1, 0.15) is 6.10 Å². The second-order valence-electron chi connectivity index (χ2n) is 8.63. The smallest absolute Gasteiger partial charge is 0.410 e. The largest absolute Gasteiger partial charge is 0.478 e. The Morgan fingerprint density at radius 1 is 0.917 bits per heavy atom. The zero-order chi connectivity index (χ0) is 25.8. The summed E-state index contributed by atoms with van der Waals surface area (Å²) in [5, 5.41) is 15.6. The normalized spacial score (nSPS) is 18.8. The molecule has 0 bridgehead atoms. The molecule has 0 aliphatic carbocycles. The molecule has 2 aromatic carbocycles. The van der Waals surface area contributed by atoms with Gasteiger partial charge in [-0.1, -0.05) is 60.7 Å². The van der Waals surface area contributed by atoms with E-state index in [2.05, 4.69) is 41.3 Å². The first-order valence-electron chi connectivity index (χ1n) is 11.9. The molecule has 2 heterocycles. The minimum Gasteiger partial charge on any atom is -0.478 e. The monoisotopic (exact) mass is 496 g/mol. The fraction of sp³-hybridized carbons (Fsp3) is 0.370. The van der Waals surface area contributed by atoms with Crippen molar-refractivity contribution >= 4 is 18.0 Å². The minimum absolute atomic E-state index is 0.0743. The number of ether oxygens (including phenoxy) is 2. The van der Waals surface area contributed by atoms with E-state index in [0.29, 0.717) is 25.2 Å². The number of carbonyl (C=O) groups is 3. The molecule has 0 radical (unpaired) electrons. The lowest BCUT2D eigenvalue weighted by atomic mass is 9.97. The molecule has 2 aliphatic rings. The van der Waals surface area contributed by atoms with Gasteiger partial charge in [0.25, 0.3) is 0 Å². The third-order valence-electron chi connectivity index (χ3n) is 5.92. The number of hydrogen-bond donors (Lipinski definition) is 2. The molecule has 1 amide bonds. The van der Waals surface area contributed by atoms with Crippen LogP contribution in [0.3, 0.4) is 0 Å². The summed E-state index contributed by atoms with van der Waals surface area (Å²) in [5.41, 5.74) is 2.48. The Labute approximate surface area is 210 Å². The second kappa shape index (κ2) is 14.0. The van der Waals surface area contributed by atoms with Gasteiger partial charge in [-0.05, 0) is 11.1 Å². The standard InChI is InChI=1S/C23H28N2O3.C4H4O4/c26-23-25(18-22(28-23)15-19-7-3-1-4-8-19)17-21(20-9-5-2-6-10-20)16-24-11-13-27-14-12-24;5-3(6)1-2-4(7)8/h1-10,21-22H,11-18H2;1-2H,(H,5,6)(H,7,8)/b;2-1+. The Hall–Kier alpha value is -3.69. The van der Waals surface area contributed by atoms with Crippen molar-refractivity contribution in [1.29, 1.82) is 0 Å². The molecule has 2 unspecified atom stereocenters. The van der Waals surface area contributed by atoms with Crippen LogP contribution in [0.5, 0.6) is 0 Å². The molecule has 4 rings (SSSR count). The molecule has 9 nitrogen and oxygen atoms in total. The Balaban J connectivity index is 0.000000392. The first kappa shape index (κ1) is 26.9. The summed E-state index contributed by atoms with van der Waals surface area (Å²) >= 11 is 0. The number of cyclic esters (lactones) is 1. The predicted octanol–water partition coefficient (Wildman–Crippen LogP) is 2.88. The van der Waals surface area contributed by atoms with Crippen LogP contribution in [0.25, 0.3) is 0 Å². The van der Waals surface area contributed by atoms with Gasteiger partial charge >= 0.3 is 18.0 Å². The average Bonchev–Trinajstić information content (AvgIpc) is 3.22. The van der Waals surface area contributed by atoms with E-state index < -0.39 is 11.9 Å². The second-order valence-corrected chi connectivity index (χ2v) is 8.63. The summed E-state index contributed by atoms with van der Waals surface area (Å²) in [6.45, 7) is 5.74. The molecule has 36 heavy (non-hydrogen) atoms. The van der Waals surface area contributed by atoms with Crippen molar-refractivity contribution in [2.24, 2.45) is 0 Å². The van der Waals surface area contributed by atoms with Crippen molar-refractivity contribution < 1.29 is 34.1 Å². The average molecular weight is 497 g/mol. The van der Waals surface area contributed by atoms with Gasteiger partial charge in [-0.3, -0.25) is 4.90 Å². The van der Waals surface area contributed by atoms with Crippen LogP contribution in [-0.2, 0) is 25.5 Å². The van der Waals surface area contributed by atoms with Crippen LogP contribution in [0, 0.1) is 0 Å². The maximum absolute atomic E-state index is 12.5. The molecular weight excluding hydrogens is 464 g/mol. The molecule has 0 aromatic heterocycles. The maximum atomic E-state index is 12.5. The van der Waals surface area contributed by atoms with Crippen molar-refractivity contribution in [3.63, 3.8) is 0 Å². The van der Waals surface area contributed by atoms with E-state index in [1.54, 1.807) is 0 Å². The fourth-order valence-electron chi connectivity index (χ4n) is 4.20. The molecule has 2 fully saturated rings. The number of morpholine rings is 1. The number of carboxylic acid groups (broad SMARTS) is 2. The van der Waals surface area contributed by atoms with Crippen molar-refractivity contribution in [3.8, 4) is 0 Å². The van der Waals surface area contributed by atoms with Gasteiger partial charge in [-0.25, -0.2) is 14.4 Å². The maximum Gasteiger partial charge on any atom is 0.410 e. The molecule has 192 valence electrons. The molecule has 0 spiro atoms. The van der Waals surface area contributed by atoms with Gasteiger partial charge in [-0.15, -0.1) is 0 Å². The minimum atomic E-state index is -1.26. The number of nitrogens with zero attached hydrogens (tertiary/aromatic N) is 2. The summed E-state index contributed by atoms with van der Waals surface area (Å²) in [6, 6.07) is 20.7. The lowest BCUT2D eigenvalue weighted by Gasteiger charge is -2.32. The number of amides is 1. The highest BCUT2D eigenvalue weighted by Crippen LogP contribution is 2.23. The number of rotatable bonds is 9. The van der Waals surface area contributed by atoms with E-state index in [4.69, 9.17) is 19.7 Å². The molecule has 2 aromatic rings. The zero-order valence-electron chi connectivity index (χ0n) is 20.1. The molecular formula is C27H32N2O7. The van der Waals surface area contributed by atoms with Crippen LogP contribution >= 0.6 is 0 Å². The SMILES string of the molecule is O=C(O)/C=C/C(=O)O.O=C1OC(Cc2ccccc2)CN1CC(CN1CCOCC1)c1ccccc1. The van der Waals surface area contributed by atoms with E-state index >= 15 is 0 Å². The molecule has 2 atom stereocenters. The third kappa shape index (κ3) is 9.16. The summed E-state index contributed by atoms with van der Waals surface area (Å²) < 4.78 is 11.1. The Kier molecular flexibility index (Phi) is 10.5. The molecule has 2 N–H and O–H groups in total. The quantitative estimate of drug-likeness (QED) is 0.509. The molecule has 2 saturated heterocycles. The van der Waals surface area contributed by atoms with Gasteiger partial charge in [0, 0.05) is 50.7 Å². The lowest BCUT2D eigenvalue weighted by Crippen LogP contribution is -2.41. The van der Waals surface area contributed by atoms with Crippen LogP contribution in [0.4, 0.5) is 4.79 Å². The van der Waals surface area contributed by atoms with Crippen molar-refractivity contribution in [1.82, 2.24) is 9.80 Å². The molecule has 2 aliphatic heterocycles. The zero-order valence-corrected chi connectivity index (χ0v) is 20.1. The highest BCUT2D eigenvalue weighted by Gasteiger charge is 2.33. The van der Waals surface area contributed by atoms with Gasteiger partial charge in [-0.2, -0.15) is 0 Å². The van der Waals surface area contributed by atoms with E-state index in [1.807, 2.05) is 29.2 Å². The third-order valence-corrected chi connectivity index (χ3v) is 5.92. The van der Waals surface area contributed by atoms with Crippen LogP contribution in [0.1, 0.15) is 17.0 Å². The first-order valence-corrected chi connectivity index (χ1v) is 11.9. The number of aliphatic carboxylic acids is 2. The van der Waals surface area contributed by atoms with Gasteiger partial charge in [0.05, 0.1) is 19.8 Å². The first-order chi connectivity index (χ1) is 17.4. The Morgan fingerprint density at radius 3 is 2.08 bits per heavy atom. The Bertz CT molecular complexity index is 991. The van der Waals surface area contributed by atoms with Crippen LogP contribution in [0.2, 0.25) is 0 Å². The lowest BCUT2D eigenvalue weighted by molar-refractivity contribution is -0.134. The van der Waals surface area contributed by atoms with E-state index in [9.17, 15) is 14.4 Å². The number of carboxylic acids is 2. The molecule has 9 heteroatoms. The summed E-state index contributed by atoms with van der Waals surface area (Å²) in [7, 11) is 0. The highest BCUT2D eigenvalue weighted by molar-refractivity contribution is 5.89. The summed E-state index contributed by atoms with van der Waals surface area (Å²) in [6.07, 6.45) is 1.62. The summed E-state index contributed by atoms with van der Waals surface area (Å²) in [4.78, 5) is 35.9. The fourth-order valence-corrected chi connectivity index (χ4v) is 4.20. The summed E-state index contributed by atoms with van der Waals surface area (Å²) in [5.74, 6) is -2.25. The number of hydrogen-bond acceptors (Lipinski definition) is 6. The van der Waals surface area contributed by atoms with E-state index in [0.717, 1.165) is 39.3 Å². The topological polar surface area (TPSA) is 117 Å². The van der Waals surface area contributed by atoms with Crippen LogP contribution in [0.15, 0.2) is 72.8 Å².